The third kappa shape index (κ3) is 4.84. The number of H-pyrrole nitrogens is 1. The van der Waals surface area contributed by atoms with Crippen LogP contribution in [-0.2, 0) is 6.54 Å². The number of pyridine rings is 1. The van der Waals surface area contributed by atoms with E-state index in [4.69, 9.17) is 18.9 Å². The van der Waals surface area contributed by atoms with E-state index in [0.29, 0.717) is 45.3 Å². The number of nitrogens with one attached hydrogen (secondary N) is 1. The third-order valence-corrected chi connectivity index (χ3v) is 5.93. The zero-order valence-electron chi connectivity index (χ0n) is 20.9. The summed E-state index contributed by atoms with van der Waals surface area (Å²) in [6, 6.07) is 18.0. The number of nitrogens with zero attached hydrogens (tertiary/aromatic N) is 1. The summed E-state index contributed by atoms with van der Waals surface area (Å²) < 4.78 is 21.5. The monoisotopic (exact) mass is 488 g/mol. The molecule has 0 radical (unpaired) electrons. The van der Waals surface area contributed by atoms with Crippen LogP contribution in [0.4, 0.5) is 5.69 Å². The molecule has 36 heavy (non-hydrogen) atoms. The minimum absolute atomic E-state index is 0.0518. The number of carbonyl (C=O) groups is 1. The molecule has 0 unspecified atom stereocenters. The molecule has 8 heteroatoms. The van der Waals surface area contributed by atoms with Crippen LogP contribution in [0.1, 0.15) is 21.5 Å². The Kier molecular flexibility index (Phi) is 7.15. The van der Waals surface area contributed by atoms with Gasteiger partial charge in [0.1, 0.15) is 5.75 Å². The molecular formula is C28H28N2O6. The van der Waals surface area contributed by atoms with Crippen LogP contribution in [0.25, 0.3) is 10.9 Å². The third-order valence-electron chi connectivity index (χ3n) is 5.93. The van der Waals surface area contributed by atoms with Crippen molar-refractivity contribution >= 4 is 22.5 Å². The number of aromatic amines is 1. The molecule has 3 aromatic carbocycles. The van der Waals surface area contributed by atoms with Gasteiger partial charge in [-0.2, -0.15) is 0 Å². The van der Waals surface area contributed by atoms with E-state index in [2.05, 4.69) is 4.98 Å². The lowest BCUT2D eigenvalue weighted by Crippen LogP contribution is -2.33. The first-order valence-electron chi connectivity index (χ1n) is 11.3. The van der Waals surface area contributed by atoms with Gasteiger partial charge >= 0.3 is 0 Å². The number of amides is 1. The molecule has 0 saturated heterocycles. The van der Waals surface area contributed by atoms with Gasteiger partial charge in [0.15, 0.2) is 11.5 Å². The molecule has 0 spiro atoms. The van der Waals surface area contributed by atoms with Crippen LogP contribution in [0.2, 0.25) is 0 Å². The van der Waals surface area contributed by atoms with Crippen molar-refractivity contribution < 1.29 is 23.7 Å². The van der Waals surface area contributed by atoms with Gasteiger partial charge in [-0.05, 0) is 60.3 Å². The fraction of sp³-hybridized carbons (Fsp3) is 0.214. The Bertz CT molecular complexity index is 1450. The van der Waals surface area contributed by atoms with Crippen molar-refractivity contribution in [3.63, 3.8) is 0 Å². The Morgan fingerprint density at radius 3 is 2.19 bits per heavy atom. The number of hydrogen-bond donors (Lipinski definition) is 1. The topological polar surface area (TPSA) is 90.1 Å². The lowest BCUT2D eigenvalue weighted by atomic mass is 10.1. The van der Waals surface area contributed by atoms with Crippen LogP contribution >= 0.6 is 0 Å². The zero-order valence-corrected chi connectivity index (χ0v) is 20.9. The van der Waals surface area contributed by atoms with Gasteiger partial charge in [0, 0.05) is 22.9 Å². The first-order valence-corrected chi connectivity index (χ1v) is 11.3. The van der Waals surface area contributed by atoms with Crippen molar-refractivity contribution in [1.82, 2.24) is 4.98 Å². The van der Waals surface area contributed by atoms with Crippen LogP contribution in [-0.4, -0.2) is 39.3 Å². The van der Waals surface area contributed by atoms with E-state index in [1.54, 1.807) is 36.3 Å². The highest BCUT2D eigenvalue weighted by molar-refractivity contribution is 6.07. The standard InChI is InChI=1S/C28H28N2O6/c1-17-7-6-8-21(11-17)30(28(32)19-13-24(34-3)26(36-5)25(14-19)35-4)16-20-12-18-9-10-22(33-2)15-23(18)29-27(20)31/h6-15H,16H2,1-5H3,(H,29,31). The van der Waals surface area contributed by atoms with Crippen molar-refractivity contribution in [3.05, 3.63) is 87.7 Å². The molecule has 0 bridgehead atoms. The number of fused-ring (bicyclic) bond motifs is 1. The lowest BCUT2D eigenvalue weighted by molar-refractivity contribution is 0.0984. The largest absolute Gasteiger partial charge is 0.497 e. The summed E-state index contributed by atoms with van der Waals surface area (Å²) in [6.07, 6.45) is 0. The van der Waals surface area contributed by atoms with Crippen LogP contribution in [0, 0.1) is 6.92 Å². The molecule has 4 rings (SSSR count). The van der Waals surface area contributed by atoms with Gasteiger partial charge in [0.05, 0.1) is 40.5 Å². The highest BCUT2D eigenvalue weighted by Gasteiger charge is 2.24. The van der Waals surface area contributed by atoms with Gasteiger partial charge in [-0.15, -0.1) is 0 Å². The van der Waals surface area contributed by atoms with Crippen molar-refractivity contribution in [3.8, 4) is 23.0 Å². The fourth-order valence-electron chi connectivity index (χ4n) is 4.08. The van der Waals surface area contributed by atoms with Gasteiger partial charge < -0.3 is 28.8 Å². The second kappa shape index (κ2) is 10.4. The highest BCUT2D eigenvalue weighted by atomic mass is 16.5. The Labute approximate surface area is 209 Å². The summed E-state index contributed by atoms with van der Waals surface area (Å²) in [6.45, 7) is 2.00. The number of hydrogen-bond acceptors (Lipinski definition) is 6. The molecule has 0 atom stereocenters. The molecule has 0 fully saturated rings. The van der Waals surface area contributed by atoms with Crippen LogP contribution in [0.15, 0.2) is 65.5 Å². The molecule has 1 N–H and O–H groups in total. The predicted octanol–water partition coefficient (Wildman–Crippen LogP) is 4.72. The zero-order chi connectivity index (χ0) is 25.8. The first-order chi connectivity index (χ1) is 17.4. The highest BCUT2D eigenvalue weighted by Crippen LogP contribution is 2.39. The molecule has 0 aliphatic rings. The van der Waals surface area contributed by atoms with E-state index in [9.17, 15) is 9.59 Å². The maximum absolute atomic E-state index is 13.9. The average Bonchev–Trinajstić information content (AvgIpc) is 2.90. The normalized spacial score (nSPS) is 10.7. The van der Waals surface area contributed by atoms with Crippen LogP contribution in [0.3, 0.4) is 0 Å². The lowest BCUT2D eigenvalue weighted by Gasteiger charge is -2.24. The Morgan fingerprint density at radius 2 is 1.58 bits per heavy atom. The maximum Gasteiger partial charge on any atom is 0.258 e. The fourth-order valence-corrected chi connectivity index (χ4v) is 4.08. The van der Waals surface area contributed by atoms with Gasteiger partial charge in [0.25, 0.3) is 11.5 Å². The average molecular weight is 489 g/mol. The van der Waals surface area contributed by atoms with Gasteiger partial charge in [-0.3, -0.25) is 9.59 Å². The smallest absolute Gasteiger partial charge is 0.258 e. The Morgan fingerprint density at radius 1 is 0.861 bits per heavy atom. The number of aryl methyl sites for hydroxylation is 1. The predicted molar refractivity (Wildman–Crippen MR) is 139 cm³/mol. The summed E-state index contributed by atoms with van der Waals surface area (Å²) in [7, 11) is 6.06. The molecule has 0 aliphatic carbocycles. The van der Waals surface area contributed by atoms with E-state index >= 15 is 0 Å². The number of benzene rings is 3. The van der Waals surface area contributed by atoms with Gasteiger partial charge in [0.2, 0.25) is 5.75 Å². The van der Waals surface area contributed by atoms with Crippen molar-refractivity contribution in [2.24, 2.45) is 0 Å². The molecule has 0 saturated carbocycles. The summed E-state index contributed by atoms with van der Waals surface area (Å²) in [5, 5.41) is 0.829. The maximum atomic E-state index is 13.9. The Balaban J connectivity index is 1.81. The SMILES string of the molecule is COc1ccc2cc(CN(C(=O)c3cc(OC)c(OC)c(OC)c3)c3cccc(C)c3)c(=O)[nH]c2c1. The summed E-state index contributed by atoms with van der Waals surface area (Å²) >= 11 is 0. The molecule has 1 heterocycles. The summed E-state index contributed by atoms with van der Waals surface area (Å²) in [4.78, 5) is 31.4. The van der Waals surface area contributed by atoms with Crippen LogP contribution < -0.4 is 29.4 Å². The molecule has 4 aromatic rings. The quantitative estimate of drug-likeness (QED) is 0.386. The summed E-state index contributed by atoms with van der Waals surface area (Å²) in [5.74, 6) is 1.43. The number of rotatable bonds is 8. The number of carbonyl (C=O) groups excluding carboxylic acids is 1. The molecule has 0 aliphatic heterocycles. The number of ether oxygens (including phenoxy) is 4. The van der Waals surface area contributed by atoms with E-state index in [1.807, 2.05) is 43.3 Å². The van der Waals surface area contributed by atoms with Crippen molar-refractivity contribution in [1.29, 1.82) is 0 Å². The van der Waals surface area contributed by atoms with Crippen molar-refractivity contribution in [2.75, 3.05) is 33.3 Å². The molecular weight excluding hydrogens is 460 g/mol. The second-order valence-electron chi connectivity index (χ2n) is 8.22. The molecule has 8 nitrogen and oxygen atoms in total. The van der Waals surface area contributed by atoms with Crippen molar-refractivity contribution in [2.45, 2.75) is 13.5 Å². The summed E-state index contributed by atoms with van der Waals surface area (Å²) in [5.41, 5.74) is 2.77. The minimum Gasteiger partial charge on any atom is -0.497 e. The number of methoxy groups -OCH3 is 4. The van der Waals surface area contributed by atoms with E-state index in [-0.39, 0.29) is 18.0 Å². The first kappa shape index (κ1) is 24.7. The van der Waals surface area contributed by atoms with Crippen LogP contribution in [0.5, 0.6) is 23.0 Å². The molecule has 1 aromatic heterocycles. The minimum atomic E-state index is -0.325. The van der Waals surface area contributed by atoms with Gasteiger partial charge in [-0.25, -0.2) is 0 Å². The number of aromatic nitrogens is 1. The Hall–Kier alpha value is -4.46. The van der Waals surface area contributed by atoms with E-state index < -0.39 is 0 Å². The van der Waals surface area contributed by atoms with E-state index in [0.717, 1.165) is 10.9 Å². The number of anilines is 1. The molecule has 1 amide bonds. The van der Waals surface area contributed by atoms with E-state index in [1.165, 1.54) is 21.3 Å². The second-order valence-corrected chi connectivity index (χ2v) is 8.22. The molecule has 186 valence electrons. The van der Waals surface area contributed by atoms with Gasteiger partial charge in [-0.1, -0.05) is 12.1 Å².